The standard InChI is InChI=1S/C21H19BrN2O2/c1-14(16-7-10-19(22)11-8-16)23-24-21(25)15(2)26-20-12-9-17-5-3-4-6-18(17)13-20/h3-13,15H,1-2H3,(H,24,25)/b23-14-/t15-/m0/s1. The number of hydrogen-bond donors (Lipinski definition) is 1. The van der Waals surface area contributed by atoms with Gasteiger partial charge in [-0.1, -0.05) is 58.4 Å². The number of benzene rings is 3. The van der Waals surface area contributed by atoms with Crippen LogP contribution in [0.1, 0.15) is 19.4 Å². The third kappa shape index (κ3) is 4.49. The molecule has 0 bridgehead atoms. The maximum absolute atomic E-state index is 12.3. The van der Waals surface area contributed by atoms with Gasteiger partial charge in [0.25, 0.3) is 5.91 Å². The van der Waals surface area contributed by atoms with E-state index in [1.165, 1.54) is 0 Å². The number of carbonyl (C=O) groups excluding carboxylic acids is 1. The first kappa shape index (κ1) is 18.1. The van der Waals surface area contributed by atoms with E-state index in [0.717, 1.165) is 26.5 Å². The van der Waals surface area contributed by atoms with Crippen molar-refractivity contribution in [2.45, 2.75) is 20.0 Å². The first-order valence-corrected chi connectivity index (χ1v) is 9.08. The molecule has 0 spiro atoms. The Kier molecular flexibility index (Phi) is 5.68. The maximum atomic E-state index is 12.3. The Balaban J connectivity index is 1.63. The van der Waals surface area contributed by atoms with Gasteiger partial charge in [-0.3, -0.25) is 4.79 Å². The number of hydrazone groups is 1. The van der Waals surface area contributed by atoms with Gasteiger partial charge in [-0.05, 0) is 54.4 Å². The summed E-state index contributed by atoms with van der Waals surface area (Å²) in [5.74, 6) is 0.356. The van der Waals surface area contributed by atoms with Crippen molar-refractivity contribution >= 4 is 38.3 Å². The molecule has 0 radical (unpaired) electrons. The largest absolute Gasteiger partial charge is 0.481 e. The lowest BCUT2D eigenvalue weighted by Gasteiger charge is -2.14. The molecule has 3 aromatic carbocycles. The average molecular weight is 411 g/mol. The molecular formula is C21H19BrN2O2. The van der Waals surface area contributed by atoms with Crippen LogP contribution in [0.15, 0.2) is 76.3 Å². The highest BCUT2D eigenvalue weighted by molar-refractivity contribution is 9.10. The van der Waals surface area contributed by atoms with Crippen LogP contribution in [-0.2, 0) is 4.79 Å². The van der Waals surface area contributed by atoms with Gasteiger partial charge in [-0.15, -0.1) is 0 Å². The van der Waals surface area contributed by atoms with Gasteiger partial charge in [-0.2, -0.15) is 5.10 Å². The first-order valence-electron chi connectivity index (χ1n) is 8.28. The Morgan fingerprint density at radius 2 is 1.73 bits per heavy atom. The average Bonchev–Trinajstić information content (AvgIpc) is 2.66. The van der Waals surface area contributed by atoms with Gasteiger partial charge in [0.05, 0.1) is 5.71 Å². The van der Waals surface area contributed by atoms with Crippen molar-refractivity contribution in [1.29, 1.82) is 0 Å². The van der Waals surface area contributed by atoms with E-state index >= 15 is 0 Å². The van der Waals surface area contributed by atoms with E-state index in [-0.39, 0.29) is 5.91 Å². The van der Waals surface area contributed by atoms with Crippen LogP contribution in [0.5, 0.6) is 5.75 Å². The summed E-state index contributed by atoms with van der Waals surface area (Å²) >= 11 is 3.40. The van der Waals surface area contributed by atoms with Gasteiger partial charge in [0, 0.05) is 4.47 Å². The number of fused-ring (bicyclic) bond motifs is 1. The molecule has 26 heavy (non-hydrogen) atoms. The summed E-state index contributed by atoms with van der Waals surface area (Å²) in [5.41, 5.74) is 4.23. The van der Waals surface area contributed by atoms with Crippen LogP contribution in [0, 0.1) is 0 Å². The van der Waals surface area contributed by atoms with Gasteiger partial charge < -0.3 is 4.74 Å². The van der Waals surface area contributed by atoms with Crippen molar-refractivity contribution in [2.75, 3.05) is 0 Å². The molecule has 0 aliphatic carbocycles. The lowest BCUT2D eigenvalue weighted by atomic mass is 10.1. The number of nitrogens with one attached hydrogen (secondary N) is 1. The monoisotopic (exact) mass is 410 g/mol. The highest BCUT2D eigenvalue weighted by Gasteiger charge is 2.14. The lowest BCUT2D eigenvalue weighted by molar-refractivity contribution is -0.127. The summed E-state index contributed by atoms with van der Waals surface area (Å²) in [5, 5.41) is 6.36. The predicted octanol–water partition coefficient (Wildman–Crippen LogP) is 4.91. The molecule has 0 aromatic heterocycles. The summed E-state index contributed by atoms with van der Waals surface area (Å²) in [7, 11) is 0. The highest BCUT2D eigenvalue weighted by Crippen LogP contribution is 2.21. The third-order valence-electron chi connectivity index (χ3n) is 4.00. The molecule has 1 amide bonds. The molecule has 1 atom stereocenters. The zero-order chi connectivity index (χ0) is 18.5. The van der Waals surface area contributed by atoms with Gasteiger partial charge in [0.2, 0.25) is 0 Å². The quantitative estimate of drug-likeness (QED) is 0.479. The molecule has 0 unspecified atom stereocenters. The second kappa shape index (κ2) is 8.15. The molecule has 5 heteroatoms. The molecular weight excluding hydrogens is 392 g/mol. The normalized spacial score (nSPS) is 12.7. The van der Waals surface area contributed by atoms with Crippen molar-refractivity contribution in [3.63, 3.8) is 0 Å². The summed E-state index contributed by atoms with van der Waals surface area (Å²) < 4.78 is 6.75. The number of nitrogens with zero attached hydrogens (tertiary/aromatic N) is 1. The third-order valence-corrected chi connectivity index (χ3v) is 4.53. The maximum Gasteiger partial charge on any atom is 0.280 e. The van der Waals surface area contributed by atoms with E-state index in [1.54, 1.807) is 6.92 Å². The Morgan fingerprint density at radius 3 is 2.46 bits per heavy atom. The smallest absolute Gasteiger partial charge is 0.280 e. The molecule has 0 aliphatic heterocycles. The second-order valence-electron chi connectivity index (χ2n) is 5.95. The fourth-order valence-corrected chi connectivity index (χ4v) is 2.75. The van der Waals surface area contributed by atoms with E-state index < -0.39 is 6.10 Å². The molecule has 0 saturated heterocycles. The number of ether oxygens (including phenoxy) is 1. The molecule has 0 fully saturated rings. The lowest BCUT2D eigenvalue weighted by Crippen LogP contribution is -2.33. The molecule has 4 nitrogen and oxygen atoms in total. The topological polar surface area (TPSA) is 50.7 Å². The molecule has 3 aromatic rings. The van der Waals surface area contributed by atoms with Gasteiger partial charge >= 0.3 is 0 Å². The van der Waals surface area contributed by atoms with E-state index in [9.17, 15) is 4.79 Å². The molecule has 0 heterocycles. The number of rotatable bonds is 5. The number of carbonyl (C=O) groups is 1. The van der Waals surface area contributed by atoms with Crippen LogP contribution in [0.25, 0.3) is 10.8 Å². The van der Waals surface area contributed by atoms with Gasteiger partial charge in [0.15, 0.2) is 6.10 Å². The molecule has 132 valence electrons. The zero-order valence-electron chi connectivity index (χ0n) is 14.6. The Bertz CT molecular complexity index is 952. The number of hydrogen-bond acceptors (Lipinski definition) is 3. The SMILES string of the molecule is C/C(=N/NC(=O)[C@H](C)Oc1ccc2ccccc2c1)c1ccc(Br)cc1. The molecule has 3 rings (SSSR count). The van der Waals surface area contributed by atoms with Crippen LogP contribution in [0.4, 0.5) is 0 Å². The summed E-state index contributed by atoms with van der Waals surface area (Å²) in [4.78, 5) is 12.3. The minimum absolute atomic E-state index is 0.297. The van der Waals surface area contributed by atoms with Crippen molar-refractivity contribution in [1.82, 2.24) is 5.43 Å². The van der Waals surface area contributed by atoms with Crippen molar-refractivity contribution in [3.05, 3.63) is 76.8 Å². The van der Waals surface area contributed by atoms with E-state index in [2.05, 4.69) is 26.5 Å². The van der Waals surface area contributed by atoms with Gasteiger partial charge in [0.1, 0.15) is 5.75 Å². The molecule has 0 aliphatic rings. The first-order chi connectivity index (χ1) is 12.5. The van der Waals surface area contributed by atoms with E-state index in [1.807, 2.05) is 73.7 Å². The summed E-state index contributed by atoms with van der Waals surface area (Å²) in [6, 6.07) is 21.5. The molecule has 0 saturated carbocycles. The van der Waals surface area contributed by atoms with Crippen molar-refractivity contribution < 1.29 is 9.53 Å². The second-order valence-corrected chi connectivity index (χ2v) is 6.86. The van der Waals surface area contributed by atoms with Crippen LogP contribution >= 0.6 is 15.9 Å². The summed E-state index contributed by atoms with van der Waals surface area (Å²) in [6.45, 7) is 3.55. The Hall–Kier alpha value is -2.66. The molecule has 1 N–H and O–H groups in total. The Labute approximate surface area is 161 Å². The van der Waals surface area contributed by atoms with E-state index in [4.69, 9.17) is 4.74 Å². The highest BCUT2D eigenvalue weighted by atomic mass is 79.9. The number of halogens is 1. The summed E-state index contributed by atoms with van der Waals surface area (Å²) in [6.07, 6.45) is -0.655. The zero-order valence-corrected chi connectivity index (χ0v) is 16.2. The van der Waals surface area contributed by atoms with Crippen LogP contribution < -0.4 is 10.2 Å². The van der Waals surface area contributed by atoms with Crippen molar-refractivity contribution in [3.8, 4) is 5.75 Å². The minimum Gasteiger partial charge on any atom is -0.481 e. The predicted molar refractivity (Wildman–Crippen MR) is 109 cm³/mol. The van der Waals surface area contributed by atoms with E-state index in [0.29, 0.717) is 5.75 Å². The fourth-order valence-electron chi connectivity index (χ4n) is 2.48. The minimum atomic E-state index is -0.655. The van der Waals surface area contributed by atoms with Crippen LogP contribution in [0.2, 0.25) is 0 Å². The van der Waals surface area contributed by atoms with Gasteiger partial charge in [-0.25, -0.2) is 5.43 Å². The van der Waals surface area contributed by atoms with Crippen LogP contribution in [0.3, 0.4) is 0 Å². The Morgan fingerprint density at radius 1 is 1.04 bits per heavy atom. The van der Waals surface area contributed by atoms with Crippen molar-refractivity contribution in [2.24, 2.45) is 5.10 Å². The number of amides is 1. The van der Waals surface area contributed by atoms with Crippen LogP contribution in [-0.4, -0.2) is 17.7 Å². The fraction of sp³-hybridized carbons (Fsp3) is 0.143.